The van der Waals surface area contributed by atoms with Gasteiger partial charge in [0.05, 0.1) is 6.04 Å². The predicted molar refractivity (Wildman–Crippen MR) is 92.8 cm³/mol. The van der Waals surface area contributed by atoms with Gasteiger partial charge in [0.1, 0.15) is 11.5 Å². The Bertz CT molecular complexity index is 723. The predicted octanol–water partition coefficient (Wildman–Crippen LogP) is 3.16. The molecule has 0 spiro atoms. The molecule has 0 saturated carbocycles. The number of aryl methyl sites for hydroxylation is 1. The molecular formula is C18H23N3O2S. The minimum Gasteiger partial charge on any atom is -0.361 e. The number of aromatic nitrogens is 1. The molecule has 2 aromatic heterocycles. The van der Waals surface area contributed by atoms with Gasteiger partial charge in [-0.3, -0.25) is 9.69 Å². The zero-order valence-corrected chi connectivity index (χ0v) is 14.8. The van der Waals surface area contributed by atoms with Crippen LogP contribution in [0.15, 0.2) is 22.0 Å². The zero-order valence-electron chi connectivity index (χ0n) is 14.0. The highest BCUT2D eigenvalue weighted by atomic mass is 32.1. The highest BCUT2D eigenvalue weighted by Gasteiger charge is 2.29. The molecule has 0 aliphatic carbocycles. The van der Waals surface area contributed by atoms with Gasteiger partial charge < -0.3 is 9.42 Å². The van der Waals surface area contributed by atoms with Gasteiger partial charge in [-0.1, -0.05) is 5.16 Å². The molecule has 4 heterocycles. The van der Waals surface area contributed by atoms with E-state index in [0.717, 1.165) is 56.9 Å². The second kappa shape index (κ2) is 6.69. The Morgan fingerprint density at radius 3 is 3.21 bits per heavy atom. The van der Waals surface area contributed by atoms with Crippen molar-refractivity contribution in [2.45, 2.75) is 45.2 Å². The fourth-order valence-electron chi connectivity index (χ4n) is 3.83. The molecule has 4 rings (SSSR count). The SMILES string of the molecule is Cc1cc([C@@H]2CCCN2CCC(=O)N2CCc3sccc3C2)no1. The van der Waals surface area contributed by atoms with Crippen LogP contribution in [0.25, 0.3) is 0 Å². The molecule has 0 radical (unpaired) electrons. The first kappa shape index (κ1) is 15.8. The van der Waals surface area contributed by atoms with Crippen molar-refractivity contribution in [2.24, 2.45) is 0 Å². The standard InChI is InChI=1S/C18H23N3O2S/c1-13-11-15(19-23-13)16-3-2-7-20(16)9-5-18(22)21-8-4-17-14(12-21)6-10-24-17/h6,10-11,16H,2-5,7-9,12H2,1H3/t16-/m0/s1. The van der Waals surface area contributed by atoms with Crippen LogP contribution < -0.4 is 0 Å². The normalized spacial score (nSPS) is 21.2. The molecule has 2 aliphatic rings. The maximum Gasteiger partial charge on any atom is 0.224 e. The van der Waals surface area contributed by atoms with Gasteiger partial charge in [0, 0.05) is 37.0 Å². The first-order valence-corrected chi connectivity index (χ1v) is 9.59. The Hall–Kier alpha value is -1.66. The van der Waals surface area contributed by atoms with Crippen molar-refractivity contribution in [1.29, 1.82) is 0 Å². The van der Waals surface area contributed by atoms with E-state index in [1.807, 2.05) is 29.2 Å². The molecule has 0 bridgehead atoms. The van der Waals surface area contributed by atoms with E-state index in [4.69, 9.17) is 4.52 Å². The molecule has 1 atom stereocenters. The Labute approximate surface area is 146 Å². The molecule has 0 unspecified atom stereocenters. The zero-order chi connectivity index (χ0) is 16.5. The molecule has 2 aromatic rings. The Morgan fingerprint density at radius 1 is 1.46 bits per heavy atom. The average molecular weight is 345 g/mol. The molecule has 6 heteroatoms. The summed E-state index contributed by atoms with van der Waals surface area (Å²) in [6, 6.07) is 4.48. The van der Waals surface area contributed by atoms with Gasteiger partial charge in [0.2, 0.25) is 5.91 Å². The minimum absolute atomic E-state index is 0.272. The van der Waals surface area contributed by atoms with Crippen LogP contribution in [0.5, 0.6) is 0 Å². The Balaban J connectivity index is 1.34. The van der Waals surface area contributed by atoms with Gasteiger partial charge in [-0.05, 0) is 49.7 Å². The maximum atomic E-state index is 12.6. The lowest BCUT2D eigenvalue weighted by Gasteiger charge is -2.28. The molecule has 5 nitrogen and oxygen atoms in total. The molecule has 0 N–H and O–H groups in total. The summed E-state index contributed by atoms with van der Waals surface area (Å²) in [5.41, 5.74) is 2.34. The highest BCUT2D eigenvalue weighted by Crippen LogP contribution is 2.31. The smallest absolute Gasteiger partial charge is 0.224 e. The first-order valence-electron chi connectivity index (χ1n) is 8.71. The van der Waals surface area contributed by atoms with E-state index in [2.05, 4.69) is 21.5 Å². The van der Waals surface area contributed by atoms with Crippen LogP contribution >= 0.6 is 11.3 Å². The molecule has 24 heavy (non-hydrogen) atoms. The van der Waals surface area contributed by atoms with Crippen molar-refractivity contribution in [3.8, 4) is 0 Å². The second-order valence-electron chi connectivity index (χ2n) is 6.74. The molecule has 0 aromatic carbocycles. The number of nitrogens with zero attached hydrogens (tertiary/aromatic N) is 3. The number of carbonyl (C=O) groups is 1. The van der Waals surface area contributed by atoms with Gasteiger partial charge in [-0.25, -0.2) is 0 Å². The van der Waals surface area contributed by atoms with Crippen LogP contribution in [0, 0.1) is 6.92 Å². The van der Waals surface area contributed by atoms with Crippen molar-refractivity contribution in [3.05, 3.63) is 39.4 Å². The third-order valence-electron chi connectivity index (χ3n) is 5.12. The second-order valence-corrected chi connectivity index (χ2v) is 7.74. The van der Waals surface area contributed by atoms with E-state index in [1.165, 1.54) is 10.4 Å². The van der Waals surface area contributed by atoms with E-state index in [1.54, 1.807) is 0 Å². The van der Waals surface area contributed by atoms with E-state index in [-0.39, 0.29) is 5.91 Å². The lowest BCUT2D eigenvalue weighted by atomic mass is 10.1. The summed E-state index contributed by atoms with van der Waals surface area (Å²) >= 11 is 1.81. The monoisotopic (exact) mass is 345 g/mol. The Kier molecular flexibility index (Phi) is 4.41. The van der Waals surface area contributed by atoms with Gasteiger partial charge >= 0.3 is 0 Å². The fourth-order valence-corrected chi connectivity index (χ4v) is 4.72. The average Bonchev–Trinajstić information content (AvgIpc) is 3.31. The highest BCUT2D eigenvalue weighted by molar-refractivity contribution is 7.10. The number of thiophene rings is 1. The van der Waals surface area contributed by atoms with Crippen molar-refractivity contribution < 1.29 is 9.32 Å². The number of rotatable bonds is 4. The lowest BCUT2D eigenvalue weighted by molar-refractivity contribution is -0.132. The first-order chi connectivity index (χ1) is 11.7. The van der Waals surface area contributed by atoms with Gasteiger partial charge in [0.15, 0.2) is 0 Å². The number of hydrogen-bond donors (Lipinski definition) is 0. The van der Waals surface area contributed by atoms with Gasteiger partial charge in [-0.15, -0.1) is 11.3 Å². The molecule has 1 saturated heterocycles. The van der Waals surface area contributed by atoms with Crippen LogP contribution in [0.2, 0.25) is 0 Å². The number of likely N-dealkylation sites (tertiary alicyclic amines) is 1. The van der Waals surface area contributed by atoms with Crippen LogP contribution in [0.3, 0.4) is 0 Å². The number of carbonyl (C=O) groups excluding carboxylic acids is 1. The van der Waals surface area contributed by atoms with Crippen molar-refractivity contribution in [3.63, 3.8) is 0 Å². The van der Waals surface area contributed by atoms with E-state index in [0.29, 0.717) is 12.5 Å². The number of amides is 1. The quantitative estimate of drug-likeness (QED) is 0.854. The molecule has 2 aliphatic heterocycles. The van der Waals surface area contributed by atoms with Gasteiger partial charge in [-0.2, -0.15) is 0 Å². The molecular weight excluding hydrogens is 322 g/mol. The van der Waals surface area contributed by atoms with Crippen LogP contribution in [-0.4, -0.2) is 40.5 Å². The topological polar surface area (TPSA) is 49.6 Å². The summed E-state index contributed by atoms with van der Waals surface area (Å²) < 4.78 is 5.22. The van der Waals surface area contributed by atoms with Crippen LogP contribution in [-0.2, 0) is 17.8 Å². The number of hydrogen-bond acceptors (Lipinski definition) is 5. The van der Waals surface area contributed by atoms with Crippen molar-refractivity contribution in [2.75, 3.05) is 19.6 Å². The van der Waals surface area contributed by atoms with Crippen LogP contribution in [0.4, 0.5) is 0 Å². The third kappa shape index (κ3) is 3.13. The summed E-state index contributed by atoms with van der Waals surface area (Å²) in [5.74, 6) is 1.13. The largest absolute Gasteiger partial charge is 0.361 e. The lowest BCUT2D eigenvalue weighted by Crippen LogP contribution is -2.37. The van der Waals surface area contributed by atoms with Crippen LogP contribution in [0.1, 0.15) is 47.2 Å². The minimum atomic E-state index is 0.272. The summed E-state index contributed by atoms with van der Waals surface area (Å²) in [5, 5.41) is 6.31. The summed E-state index contributed by atoms with van der Waals surface area (Å²) in [6.07, 6.45) is 3.85. The van der Waals surface area contributed by atoms with E-state index in [9.17, 15) is 4.79 Å². The van der Waals surface area contributed by atoms with E-state index >= 15 is 0 Å². The third-order valence-corrected chi connectivity index (χ3v) is 6.15. The summed E-state index contributed by atoms with van der Waals surface area (Å²) in [6.45, 7) is 5.41. The Morgan fingerprint density at radius 2 is 2.38 bits per heavy atom. The fraction of sp³-hybridized carbons (Fsp3) is 0.556. The molecule has 1 amide bonds. The van der Waals surface area contributed by atoms with Crippen molar-refractivity contribution in [1.82, 2.24) is 15.0 Å². The van der Waals surface area contributed by atoms with E-state index < -0.39 is 0 Å². The molecule has 1 fully saturated rings. The van der Waals surface area contributed by atoms with Crippen molar-refractivity contribution >= 4 is 17.2 Å². The molecule has 128 valence electrons. The van der Waals surface area contributed by atoms with Gasteiger partial charge in [0.25, 0.3) is 0 Å². The summed E-state index contributed by atoms with van der Waals surface area (Å²) in [4.78, 5) is 18.4. The maximum absolute atomic E-state index is 12.6. The summed E-state index contributed by atoms with van der Waals surface area (Å²) in [7, 11) is 0. The number of fused-ring (bicyclic) bond motifs is 1.